The highest BCUT2D eigenvalue weighted by Gasteiger charge is 2.07. The number of rotatable bonds is 5. The fourth-order valence-corrected chi connectivity index (χ4v) is 2.26. The maximum absolute atomic E-state index is 5.97. The van der Waals surface area contributed by atoms with Crippen molar-refractivity contribution in [2.24, 2.45) is 5.73 Å². The van der Waals surface area contributed by atoms with Crippen molar-refractivity contribution in [2.45, 2.75) is 32.7 Å². The standard InChI is InChI=1S/C16H19IN2O/c1-3-14(18)9-12-8-11(2)16(19-10-12)20-15-6-4-13(17)5-7-15/h4-8,10,14H,3,9,18H2,1-2H3. The van der Waals surface area contributed by atoms with Gasteiger partial charge in [-0.1, -0.05) is 6.92 Å². The Bertz CT molecular complexity index is 569. The van der Waals surface area contributed by atoms with Gasteiger partial charge in [0.25, 0.3) is 0 Å². The molecule has 2 rings (SSSR count). The Labute approximate surface area is 133 Å². The molecule has 0 bridgehead atoms. The van der Waals surface area contributed by atoms with Gasteiger partial charge in [0.1, 0.15) is 5.75 Å². The van der Waals surface area contributed by atoms with E-state index >= 15 is 0 Å². The van der Waals surface area contributed by atoms with Crippen molar-refractivity contribution in [3.63, 3.8) is 0 Å². The van der Waals surface area contributed by atoms with Crippen LogP contribution in [0.25, 0.3) is 0 Å². The van der Waals surface area contributed by atoms with Gasteiger partial charge in [0, 0.05) is 21.4 Å². The minimum atomic E-state index is 0.194. The summed E-state index contributed by atoms with van der Waals surface area (Å²) < 4.78 is 6.99. The van der Waals surface area contributed by atoms with Gasteiger partial charge >= 0.3 is 0 Å². The Hall–Kier alpha value is -1.14. The monoisotopic (exact) mass is 382 g/mol. The second-order valence-electron chi connectivity index (χ2n) is 4.89. The van der Waals surface area contributed by atoms with Gasteiger partial charge in [-0.3, -0.25) is 0 Å². The first-order valence-corrected chi connectivity index (χ1v) is 7.81. The molecule has 0 radical (unpaired) electrons. The molecule has 20 heavy (non-hydrogen) atoms. The van der Waals surface area contributed by atoms with Crippen LogP contribution in [-0.2, 0) is 6.42 Å². The zero-order valence-corrected chi connectivity index (χ0v) is 13.9. The second kappa shape index (κ2) is 7.04. The normalized spacial score (nSPS) is 12.2. The molecular formula is C16H19IN2O. The molecule has 1 heterocycles. The number of pyridine rings is 1. The number of aromatic nitrogens is 1. The van der Waals surface area contributed by atoms with E-state index in [0.717, 1.165) is 29.7 Å². The van der Waals surface area contributed by atoms with E-state index in [0.29, 0.717) is 5.88 Å². The smallest absolute Gasteiger partial charge is 0.222 e. The van der Waals surface area contributed by atoms with E-state index in [1.165, 1.54) is 3.57 Å². The minimum absolute atomic E-state index is 0.194. The molecule has 0 amide bonds. The molecule has 0 aliphatic carbocycles. The van der Waals surface area contributed by atoms with Crippen molar-refractivity contribution in [1.82, 2.24) is 4.98 Å². The third-order valence-corrected chi connectivity index (χ3v) is 3.86. The Kier molecular flexibility index (Phi) is 5.37. The fourth-order valence-electron chi connectivity index (χ4n) is 1.90. The fraction of sp³-hybridized carbons (Fsp3) is 0.312. The van der Waals surface area contributed by atoms with E-state index in [1.807, 2.05) is 37.4 Å². The summed E-state index contributed by atoms with van der Waals surface area (Å²) in [6.45, 7) is 4.11. The molecule has 0 spiro atoms. The predicted octanol–water partition coefficient (Wildman–Crippen LogP) is 4.07. The van der Waals surface area contributed by atoms with E-state index in [4.69, 9.17) is 10.5 Å². The van der Waals surface area contributed by atoms with Crippen molar-refractivity contribution >= 4 is 22.6 Å². The summed E-state index contributed by atoms with van der Waals surface area (Å²) in [5, 5.41) is 0. The topological polar surface area (TPSA) is 48.1 Å². The molecule has 1 atom stereocenters. The molecule has 0 saturated carbocycles. The number of aryl methyl sites for hydroxylation is 1. The van der Waals surface area contributed by atoms with E-state index < -0.39 is 0 Å². The largest absolute Gasteiger partial charge is 0.439 e. The molecule has 0 aliphatic rings. The molecule has 1 unspecified atom stereocenters. The third kappa shape index (κ3) is 4.18. The van der Waals surface area contributed by atoms with Gasteiger partial charge in [0.15, 0.2) is 0 Å². The summed E-state index contributed by atoms with van der Waals surface area (Å²) in [7, 11) is 0. The van der Waals surface area contributed by atoms with Crippen molar-refractivity contribution in [2.75, 3.05) is 0 Å². The molecule has 4 heteroatoms. The lowest BCUT2D eigenvalue weighted by Gasteiger charge is -2.11. The summed E-state index contributed by atoms with van der Waals surface area (Å²) in [5.74, 6) is 1.46. The van der Waals surface area contributed by atoms with Gasteiger partial charge in [0.05, 0.1) is 0 Å². The Morgan fingerprint density at radius 2 is 2.00 bits per heavy atom. The van der Waals surface area contributed by atoms with Crippen LogP contribution in [0.1, 0.15) is 24.5 Å². The molecule has 1 aromatic carbocycles. The highest BCUT2D eigenvalue weighted by Crippen LogP contribution is 2.24. The number of hydrogen-bond donors (Lipinski definition) is 1. The first-order chi connectivity index (χ1) is 9.58. The Balaban J connectivity index is 2.11. The summed E-state index contributed by atoms with van der Waals surface area (Å²) in [4.78, 5) is 4.40. The van der Waals surface area contributed by atoms with Gasteiger partial charge in [-0.2, -0.15) is 0 Å². The third-order valence-electron chi connectivity index (χ3n) is 3.14. The average Bonchev–Trinajstić information content (AvgIpc) is 2.44. The lowest BCUT2D eigenvalue weighted by atomic mass is 10.1. The summed E-state index contributed by atoms with van der Waals surface area (Å²) in [6.07, 6.45) is 3.68. The van der Waals surface area contributed by atoms with Crippen LogP contribution in [0, 0.1) is 10.5 Å². The molecule has 0 aliphatic heterocycles. The molecular weight excluding hydrogens is 363 g/mol. The maximum atomic E-state index is 5.97. The first-order valence-electron chi connectivity index (χ1n) is 6.73. The van der Waals surface area contributed by atoms with Crippen molar-refractivity contribution in [1.29, 1.82) is 0 Å². The second-order valence-corrected chi connectivity index (χ2v) is 6.14. The highest BCUT2D eigenvalue weighted by atomic mass is 127. The number of halogens is 1. The van der Waals surface area contributed by atoms with Crippen molar-refractivity contribution in [3.05, 3.63) is 51.2 Å². The average molecular weight is 382 g/mol. The van der Waals surface area contributed by atoms with Crippen LogP contribution in [0.4, 0.5) is 0 Å². The zero-order valence-electron chi connectivity index (χ0n) is 11.8. The number of benzene rings is 1. The molecule has 3 nitrogen and oxygen atoms in total. The van der Waals surface area contributed by atoms with Gasteiger partial charge in [-0.15, -0.1) is 0 Å². The van der Waals surface area contributed by atoms with Crippen LogP contribution in [0.2, 0.25) is 0 Å². The number of ether oxygens (including phenoxy) is 1. The zero-order chi connectivity index (χ0) is 14.5. The predicted molar refractivity (Wildman–Crippen MR) is 90.2 cm³/mol. The van der Waals surface area contributed by atoms with Crippen molar-refractivity contribution in [3.8, 4) is 11.6 Å². The lowest BCUT2D eigenvalue weighted by molar-refractivity contribution is 0.458. The lowest BCUT2D eigenvalue weighted by Crippen LogP contribution is -2.21. The van der Waals surface area contributed by atoms with Gasteiger partial charge in [-0.25, -0.2) is 4.98 Å². The quantitative estimate of drug-likeness (QED) is 0.794. The summed E-state index contributed by atoms with van der Waals surface area (Å²) in [6, 6.07) is 10.2. The van der Waals surface area contributed by atoms with E-state index in [1.54, 1.807) is 0 Å². The van der Waals surface area contributed by atoms with Crippen LogP contribution in [-0.4, -0.2) is 11.0 Å². The Morgan fingerprint density at radius 1 is 1.30 bits per heavy atom. The van der Waals surface area contributed by atoms with Crippen LogP contribution in [0.3, 0.4) is 0 Å². The molecule has 2 aromatic rings. The van der Waals surface area contributed by atoms with Gasteiger partial charge in [0.2, 0.25) is 5.88 Å². The summed E-state index contributed by atoms with van der Waals surface area (Å²) in [5.41, 5.74) is 8.16. The van der Waals surface area contributed by atoms with Crippen molar-refractivity contribution < 1.29 is 4.74 Å². The molecule has 106 valence electrons. The maximum Gasteiger partial charge on any atom is 0.222 e. The Morgan fingerprint density at radius 3 is 2.60 bits per heavy atom. The van der Waals surface area contributed by atoms with Crippen LogP contribution in [0.15, 0.2) is 36.5 Å². The highest BCUT2D eigenvalue weighted by molar-refractivity contribution is 14.1. The minimum Gasteiger partial charge on any atom is -0.439 e. The van der Waals surface area contributed by atoms with Gasteiger partial charge < -0.3 is 10.5 Å². The number of nitrogens with zero attached hydrogens (tertiary/aromatic N) is 1. The van der Waals surface area contributed by atoms with E-state index in [2.05, 4.69) is 40.6 Å². The SMILES string of the molecule is CCC(N)Cc1cnc(Oc2ccc(I)cc2)c(C)c1. The van der Waals surface area contributed by atoms with Crippen LogP contribution >= 0.6 is 22.6 Å². The van der Waals surface area contributed by atoms with Crippen LogP contribution in [0.5, 0.6) is 11.6 Å². The number of hydrogen-bond acceptors (Lipinski definition) is 3. The molecule has 1 aromatic heterocycles. The van der Waals surface area contributed by atoms with Crippen LogP contribution < -0.4 is 10.5 Å². The molecule has 0 saturated heterocycles. The molecule has 0 fully saturated rings. The van der Waals surface area contributed by atoms with E-state index in [-0.39, 0.29) is 6.04 Å². The van der Waals surface area contributed by atoms with E-state index in [9.17, 15) is 0 Å². The summed E-state index contributed by atoms with van der Waals surface area (Å²) >= 11 is 2.27. The van der Waals surface area contributed by atoms with Gasteiger partial charge in [-0.05, 0) is 78.3 Å². The number of nitrogens with two attached hydrogens (primary N) is 1. The first kappa shape index (κ1) is 15.3. The molecule has 2 N–H and O–H groups in total.